The molecule has 3 rings (SSSR count). The van der Waals surface area contributed by atoms with E-state index in [2.05, 4.69) is 5.32 Å². The molecule has 2 unspecified atom stereocenters. The Morgan fingerprint density at radius 3 is 2.41 bits per heavy atom. The normalized spacial score (nSPS) is 18.0. The minimum Gasteiger partial charge on any atom is -0.494 e. The van der Waals surface area contributed by atoms with Crippen LogP contribution in [0.4, 0.5) is 14.5 Å². The molecule has 0 aliphatic heterocycles. The van der Waals surface area contributed by atoms with E-state index in [1.54, 1.807) is 24.3 Å². The largest absolute Gasteiger partial charge is 0.494 e. The van der Waals surface area contributed by atoms with Gasteiger partial charge in [-0.15, -0.1) is 0 Å². The van der Waals surface area contributed by atoms with Gasteiger partial charge in [-0.05, 0) is 49.2 Å². The van der Waals surface area contributed by atoms with Gasteiger partial charge < -0.3 is 15.2 Å². The number of aliphatic carboxylic acids is 1. The Morgan fingerprint density at radius 1 is 1.11 bits per heavy atom. The number of carbonyl (C=O) groups is 2. The van der Waals surface area contributed by atoms with Crippen LogP contribution in [-0.2, 0) is 9.59 Å². The number of carboxylic acids is 1. The summed E-state index contributed by atoms with van der Waals surface area (Å²) in [4.78, 5) is 22.7. The maximum Gasteiger partial charge on any atom is 0.303 e. The summed E-state index contributed by atoms with van der Waals surface area (Å²) < 4.78 is 33.0. The van der Waals surface area contributed by atoms with Gasteiger partial charge in [-0.1, -0.05) is 6.07 Å². The van der Waals surface area contributed by atoms with Crippen LogP contribution in [0.2, 0.25) is 0 Å². The molecule has 1 saturated carbocycles. The lowest BCUT2D eigenvalue weighted by Gasteiger charge is -2.08. The van der Waals surface area contributed by atoms with E-state index in [1.165, 1.54) is 18.2 Å². The van der Waals surface area contributed by atoms with Crippen molar-refractivity contribution in [1.29, 1.82) is 0 Å². The van der Waals surface area contributed by atoms with E-state index < -0.39 is 29.4 Å². The van der Waals surface area contributed by atoms with Crippen molar-refractivity contribution in [3.05, 3.63) is 59.7 Å². The molecule has 7 heteroatoms. The highest BCUT2D eigenvalue weighted by Crippen LogP contribution is 2.49. The number of amides is 1. The molecule has 142 valence electrons. The Kier molecular flexibility index (Phi) is 5.69. The molecule has 1 aliphatic rings. The van der Waals surface area contributed by atoms with Crippen molar-refractivity contribution in [2.75, 3.05) is 11.9 Å². The van der Waals surface area contributed by atoms with Crippen LogP contribution in [0.3, 0.4) is 0 Å². The van der Waals surface area contributed by atoms with Crippen molar-refractivity contribution >= 4 is 17.6 Å². The number of carbonyl (C=O) groups excluding carboxylic acids is 1. The lowest BCUT2D eigenvalue weighted by atomic mass is 10.1. The summed E-state index contributed by atoms with van der Waals surface area (Å²) in [6.07, 6.45) is 0.858. The summed E-state index contributed by atoms with van der Waals surface area (Å²) in [5.41, 5.74) is 0.528. The number of benzene rings is 2. The van der Waals surface area contributed by atoms with Crippen molar-refractivity contribution in [3.63, 3.8) is 0 Å². The van der Waals surface area contributed by atoms with Crippen LogP contribution in [0.25, 0.3) is 0 Å². The molecule has 0 bridgehead atoms. The van der Waals surface area contributed by atoms with E-state index in [9.17, 15) is 18.4 Å². The molecule has 0 spiro atoms. The van der Waals surface area contributed by atoms with Gasteiger partial charge in [0.2, 0.25) is 5.91 Å². The Labute approximate surface area is 155 Å². The Balaban J connectivity index is 1.51. The van der Waals surface area contributed by atoms with Gasteiger partial charge >= 0.3 is 5.97 Å². The molecule has 1 aliphatic carbocycles. The zero-order valence-electron chi connectivity index (χ0n) is 14.5. The molecule has 1 amide bonds. The van der Waals surface area contributed by atoms with Crippen molar-refractivity contribution < 1.29 is 28.2 Å². The SMILES string of the molecule is O=C(O)CCCOc1ccc(NC(=O)C2CC2c2c(F)cccc2F)cc1. The number of carboxylic acid groups (broad SMARTS) is 1. The van der Waals surface area contributed by atoms with E-state index in [4.69, 9.17) is 9.84 Å². The molecular weight excluding hydrogens is 356 g/mol. The van der Waals surface area contributed by atoms with Crippen LogP contribution in [-0.4, -0.2) is 23.6 Å². The monoisotopic (exact) mass is 375 g/mol. The lowest BCUT2D eigenvalue weighted by Crippen LogP contribution is -2.15. The maximum atomic E-state index is 13.8. The zero-order valence-corrected chi connectivity index (χ0v) is 14.5. The van der Waals surface area contributed by atoms with Crippen molar-refractivity contribution in [1.82, 2.24) is 0 Å². The van der Waals surface area contributed by atoms with Crippen LogP contribution >= 0.6 is 0 Å². The third-order valence-corrected chi connectivity index (χ3v) is 4.42. The quantitative estimate of drug-likeness (QED) is 0.685. The Bertz CT molecular complexity index is 818. The van der Waals surface area contributed by atoms with Crippen molar-refractivity contribution in [2.45, 2.75) is 25.2 Å². The van der Waals surface area contributed by atoms with Crippen LogP contribution in [0.1, 0.15) is 30.7 Å². The van der Waals surface area contributed by atoms with E-state index in [1.807, 2.05) is 0 Å². The first kappa shape index (κ1) is 18.8. The highest BCUT2D eigenvalue weighted by Gasteiger charge is 2.46. The summed E-state index contributed by atoms with van der Waals surface area (Å²) >= 11 is 0. The molecule has 27 heavy (non-hydrogen) atoms. The molecular formula is C20H19F2NO4. The number of ether oxygens (including phenoxy) is 1. The van der Waals surface area contributed by atoms with Crippen molar-refractivity contribution in [2.24, 2.45) is 5.92 Å². The highest BCUT2D eigenvalue weighted by atomic mass is 19.1. The molecule has 2 atom stereocenters. The second-order valence-corrected chi connectivity index (χ2v) is 6.44. The molecule has 0 saturated heterocycles. The average Bonchev–Trinajstić information content (AvgIpc) is 3.40. The first-order chi connectivity index (χ1) is 13.0. The summed E-state index contributed by atoms with van der Waals surface area (Å²) in [5.74, 6) is -2.73. The Hall–Kier alpha value is -2.96. The average molecular weight is 375 g/mol. The fraction of sp³-hybridized carbons (Fsp3) is 0.300. The smallest absolute Gasteiger partial charge is 0.303 e. The maximum absolute atomic E-state index is 13.8. The minimum atomic E-state index is -0.870. The highest BCUT2D eigenvalue weighted by molar-refractivity contribution is 5.95. The fourth-order valence-electron chi connectivity index (χ4n) is 2.95. The van der Waals surface area contributed by atoms with E-state index in [-0.39, 0.29) is 24.5 Å². The Morgan fingerprint density at radius 2 is 1.78 bits per heavy atom. The van der Waals surface area contributed by atoms with E-state index >= 15 is 0 Å². The molecule has 0 radical (unpaired) electrons. The number of rotatable bonds is 8. The number of halogens is 2. The third-order valence-electron chi connectivity index (χ3n) is 4.42. The molecule has 2 N–H and O–H groups in total. The summed E-state index contributed by atoms with van der Waals surface area (Å²) in [5, 5.41) is 11.3. The second-order valence-electron chi connectivity index (χ2n) is 6.44. The van der Waals surface area contributed by atoms with Gasteiger partial charge in [0.1, 0.15) is 17.4 Å². The number of nitrogens with one attached hydrogen (secondary N) is 1. The molecule has 2 aromatic rings. The van der Waals surface area contributed by atoms with Crippen LogP contribution < -0.4 is 10.1 Å². The van der Waals surface area contributed by atoms with Gasteiger partial charge in [-0.2, -0.15) is 0 Å². The second kappa shape index (κ2) is 8.16. The summed E-state index contributed by atoms with van der Waals surface area (Å²) in [7, 11) is 0. The van der Waals surface area contributed by atoms with Gasteiger partial charge in [0, 0.05) is 29.5 Å². The van der Waals surface area contributed by atoms with Crippen LogP contribution in [0, 0.1) is 17.6 Å². The van der Waals surface area contributed by atoms with Gasteiger partial charge in [-0.3, -0.25) is 9.59 Å². The number of hydrogen-bond acceptors (Lipinski definition) is 3. The van der Waals surface area contributed by atoms with Crippen molar-refractivity contribution in [3.8, 4) is 5.75 Å². The van der Waals surface area contributed by atoms with E-state index in [0.29, 0.717) is 24.3 Å². The van der Waals surface area contributed by atoms with Crippen LogP contribution in [0.5, 0.6) is 5.75 Å². The number of anilines is 1. The minimum absolute atomic E-state index is 0.0252. The predicted octanol–water partition coefficient (Wildman–Crippen LogP) is 3.95. The predicted molar refractivity (Wildman–Crippen MR) is 94.6 cm³/mol. The van der Waals surface area contributed by atoms with Gasteiger partial charge in [0.05, 0.1) is 6.61 Å². The molecule has 5 nitrogen and oxygen atoms in total. The lowest BCUT2D eigenvalue weighted by molar-refractivity contribution is -0.137. The summed E-state index contributed by atoms with van der Waals surface area (Å²) in [6.45, 7) is 0.288. The van der Waals surface area contributed by atoms with Gasteiger partial charge in [-0.25, -0.2) is 8.78 Å². The molecule has 0 aromatic heterocycles. The van der Waals surface area contributed by atoms with Gasteiger partial charge in [0.15, 0.2) is 0 Å². The number of hydrogen-bond donors (Lipinski definition) is 2. The first-order valence-electron chi connectivity index (χ1n) is 8.65. The van der Waals surface area contributed by atoms with Crippen LogP contribution in [0.15, 0.2) is 42.5 Å². The topological polar surface area (TPSA) is 75.6 Å². The molecule has 2 aromatic carbocycles. The standard InChI is InChI=1S/C20H19F2NO4/c21-16-3-1-4-17(22)19(16)14-11-15(14)20(26)23-12-6-8-13(9-7-12)27-10-2-5-18(24)25/h1,3-4,6-9,14-15H,2,5,10-11H2,(H,23,26)(H,24,25). The fourth-order valence-corrected chi connectivity index (χ4v) is 2.95. The summed E-state index contributed by atoms with van der Waals surface area (Å²) in [6, 6.07) is 10.3. The zero-order chi connectivity index (χ0) is 19.4. The molecule has 0 heterocycles. The third kappa shape index (κ3) is 4.81. The first-order valence-corrected chi connectivity index (χ1v) is 8.65. The van der Waals surface area contributed by atoms with Gasteiger partial charge in [0.25, 0.3) is 0 Å². The molecule has 1 fully saturated rings. The van der Waals surface area contributed by atoms with E-state index in [0.717, 1.165) is 0 Å².